The molecule has 0 bridgehead atoms. The summed E-state index contributed by atoms with van der Waals surface area (Å²) in [6, 6.07) is 7.13. The molecule has 108 valence electrons. The van der Waals surface area contributed by atoms with Crippen molar-refractivity contribution in [3.63, 3.8) is 0 Å². The van der Waals surface area contributed by atoms with Gasteiger partial charge in [-0.3, -0.25) is 11.3 Å². The normalized spacial score (nSPS) is 13.3. The maximum atomic E-state index is 12.1. The molecule has 1 atom stereocenters. The van der Waals surface area contributed by atoms with E-state index in [1.807, 2.05) is 24.3 Å². The molecule has 0 heterocycles. The van der Waals surface area contributed by atoms with E-state index in [1.54, 1.807) is 7.11 Å². The Morgan fingerprint density at radius 2 is 1.84 bits per heavy atom. The van der Waals surface area contributed by atoms with E-state index in [1.165, 1.54) is 0 Å². The number of hydrogen-bond acceptors (Lipinski definition) is 3. The molecular weight excluding hydrogens is 257 g/mol. The molecule has 0 aliphatic carbocycles. The quantitative estimate of drug-likeness (QED) is 0.594. The van der Waals surface area contributed by atoms with E-state index in [2.05, 4.69) is 5.43 Å². The molecule has 3 N–H and O–H groups in total. The molecule has 0 aliphatic heterocycles. The van der Waals surface area contributed by atoms with E-state index in [-0.39, 0.29) is 12.5 Å². The lowest BCUT2D eigenvalue weighted by molar-refractivity contribution is -0.136. The molecule has 3 nitrogen and oxygen atoms in total. The molecule has 19 heavy (non-hydrogen) atoms. The van der Waals surface area contributed by atoms with Crippen LogP contribution in [-0.2, 0) is 6.42 Å². The van der Waals surface area contributed by atoms with Crippen molar-refractivity contribution in [1.29, 1.82) is 0 Å². The van der Waals surface area contributed by atoms with Gasteiger partial charge in [-0.1, -0.05) is 12.1 Å². The van der Waals surface area contributed by atoms with Crippen molar-refractivity contribution in [3.05, 3.63) is 29.8 Å². The summed E-state index contributed by atoms with van der Waals surface area (Å²) in [5.41, 5.74) is 3.49. The number of methoxy groups -OCH3 is 1. The van der Waals surface area contributed by atoms with Crippen LogP contribution in [0.3, 0.4) is 0 Å². The zero-order valence-electron chi connectivity index (χ0n) is 10.8. The van der Waals surface area contributed by atoms with E-state index in [0.717, 1.165) is 11.3 Å². The first-order chi connectivity index (χ1) is 8.94. The zero-order valence-corrected chi connectivity index (χ0v) is 10.8. The molecule has 0 fully saturated rings. The lowest BCUT2D eigenvalue weighted by Crippen LogP contribution is -2.36. The van der Waals surface area contributed by atoms with Crippen LogP contribution in [0.2, 0.25) is 0 Å². The van der Waals surface area contributed by atoms with E-state index in [9.17, 15) is 13.2 Å². The highest BCUT2D eigenvalue weighted by Gasteiger charge is 2.27. The van der Waals surface area contributed by atoms with Gasteiger partial charge in [-0.25, -0.2) is 0 Å². The number of halogens is 3. The van der Waals surface area contributed by atoms with Gasteiger partial charge in [-0.05, 0) is 37.0 Å². The molecule has 0 radical (unpaired) electrons. The molecule has 0 aromatic heterocycles. The molecule has 1 rings (SSSR count). The van der Waals surface area contributed by atoms with Crippen LogP contribution in [0.4, 0.5) is 13.2 Å². The van der Waals surface area contributed by atoms with Crippen molar-refractivity contribution in [3.8, 4) is 5.75 Å². The Balaban J connectivity index is 2.39. The molecule has 0 saturated heterocycles. The predicted octanol–water partition coefficient (Wildman–Crippen LogP) is 2.80. The van der Waals surface area contributed by atoms with E-state index < -0.39 is 12.6 Å². The Morgan fingerprint density at radius 3 is 2.32 bits per heavy atom. The zero-order chi connectivity index (χ0) is 14.3. The second-order valence-corrected chi connectivity index (χ2v) is 4.40. The summed E-state index contributed by atoms with van der Waals surface area (Å²) in [5.74, 6) is 6.03. The van der Waals surface area contributed by atoms with Crippen LogP contribution in [0.1, 0.15) is 24.8 Å². The predicted molar refractivity (Wildman–Crippen MR) is 67.7 cm³/mol. The lowest BCUT2D eigenvalue weighted by atomic mass is 10.0. The monoisotopic (exact) mass is 276 g/mol. The second kappa shape index (κ2) is 7.35. The number of benzene rings is 1. The first-order valence-electron chi connectivity index (χ1n) is 6.10. The summed E-state index contributed by atoms with van der Waals surface area (Å²) < 4.78 is 41.4. The fourth-order valence-electron chi connectivity index (χ4n) is 1.78. The minimum atomic E-state index is -4.13. The Bertz CT molecular complexity index is 365. The van der Waals surface area contributed by atoms with Crippen LogP contribution in [0.5, 0.6) is 5.75 Å². The van der Waals surface area contributed by atoms with Crippen molar-refractivity contribution in [1.82, 2.24) is 5.43 Å². The summed E-state index contributed by atoms with van der Waals surface area (Å²) in [7, 11) is 1.58. The molecule has 1 unspecified atom stereocenters. The van der Waals surface area contributed by atoms with Crippen molar-refractivity contribution in [2.24, 2.45) is 5.84 Å². The fourth-order valence-corrected chi connectivity index (χ4v) is 1.78. The van der Waals surface area contributed by atoms with Crippen LogP contribution < -0.4 is 16.0 Å². The molecule has 0 spiro atoms. The first kappa shape index (κ1) is 15.8. The van der Waals surface area contributed by atoms with Gasteiger partial charge in [0.1, 0.15) is 5.75 Å². The van der Waals surface area contributed by atoms with Gasteiger partial charge < -0.3 is 4.74 Å². The van der Waals surface area contributed by atoms with Gasteiger partial charge in [0.05, 0.1) is 7.11 Å². The average Bonchev–Trinajstić information content (AvgIpc) is 2.38. The maximum Gasteiger partial charge on any atom is 0.389 e. The molecule has 0 amide bonds. The standard InChI is InChI=1S/C13H19F3N2O/c1-19-12-6-3-10(4-7-12)2-5-11(18-17)8-9-13(14,15)16/h3-4,6-7,11,18H,2,5,8-9,17H2,1H3. The van der Waals surface area contributed by atoms with Crippen LogP contribution in [0.25, 0.3) is 0 Å². The van der Waals surface area contributed by atoms with Crippen molar-refractivity contribution in [2.75, 3.05) is 7.11 Å². The summed E-state index contributed by atoms with van der Waals surface area (Å²) in [4.78, 5) is 0. The molecular formula is C13H19F3N2O. The van der Waals surface area contributed by atoms with Crippen LogP contribution in [-0.4, -0.2) is 19.3 Å². The van der Waals surface area contributed by atoms with Crippen molar-refractivity contribution >= 4 is 0 Å². The number of hydrogen-bond donors (Lipinski definition) is 2. The van der Waals surface area contributed by atoms with Gasteiger partial charge in [0, 0.05) is 12.5 Å². The Hall–Kier alpha value is -1.27. The van der Waals surface area contributed by atoms with E-state index in [4.69, 9.17) is 10.6 Å². The average molecular weight is 276 g/mol. The van der Waals surface area contributed by atoms with Gasteiger partial charge in [0.15, 0.2) is 0 Å². The first-order valence-corrected chi connectivity index (χ1v) is 6.10. The molecule has 0 saturated carbocycles. The number of aryl methyl sites for hydroxylation is 1. The third-order valence-electron chi connectivity index (χ3n) is 2.95. The summed E-state index contributed by atoms with van der Waals surface area (Å²) >= 11 is 0. The fraction of sp³-hybridized carbons (Fsp3) is 0.538. The molecule has 0 aliphatic rings. The number of nitrogens with one attached hydrogen (secondary N) is 1. The van der Waals surface area contributed by atoms with E-state index in [0.29, 0.717) is 12.8 Å². The number of ether oxygens (including phenoxy) is 1. The summed E-state index contributed by atoms with van der Waals surface area (Å²) in [6.07, 6.45) is -3.70. The van der Waals surface area contributed by atoms with Crippen LogP contribution in [0, 0.1) is 0 Å². The second-order valence-electron chi connectivity index (χ2n) is 4.40. The number of rotatable bonds is 7. The molecule has 6 heteroatoms. The lowest BCUT2D eigenvalue weighted by Gasteiger charge is -2.16. The van der Waals surface area contributed by atoms with Crippen molar-refractivity contribution in [2.45, 2.75) is 37.9 Å². The van der Waals surface area contributed by atoms with Crippen LogP contribution >= 0.6 is 0 Å². The molecule has 1 aromatic rings. The van der Waals surface area contributed by atoms with Crippen LogP contribution in [0.15, 0.2) is 24.3 Å². The highest BCUT2D eigenvalue weighted by molar-refractivity contribution is 5.27. The number of nitrogens with two attached hydrogens (primary N) is 1. The smallest absolute Gasteiger partial charge is 0.389 e. The maximum absolute atomic E-state index is 12.1. The van der Waals surface area contributed by atoms with Gasteiger partial charge >= 0.3 is 6.18 Å². The van der Waals surface area contributed by atoms with Crippen molar-refractivity contribution < 1.29 is 17.9 Å². The third kappa shape index (κ3) is 6.45. The number of alkyl halides is 3. The Labute approximate surface area is 110 Å². The minimum absolute atomic E-state index is 0.00381. The topological polar surface area (TPSA) is 47.3 Å². The van der Waals surface area contributed by atoms with Gasteiger partial charge in [0.2, 0.25) is 0 Å². The summed E-state index contributed by atoms with van der Waals surface area (Å²) in [5, 5.41) is 0. The van der Waals surface area contributed by atoms with Gasteiger partial charge in [-0.2, -0.15) is 13.2 Å². The molecule has 1 aromatic carbocycles. The Kier molecular flexibility index (Phi) is 6.11. The Morgan fingerprint density at radius 1 is 1.21 bits per heavy atom. The largest absolute Gasteiger partial charge is 0.497 e. The highest BCUT2D eigenvalue weighted by atomic mass is 19.4. The minimum Gasteiger partial charge on any atom is -0.497 e. The third-order valence-corrected chi connectivity index (χ3v) is 2.95. The van der Waals surface area contributed by atoms with Gasteiger partial charge in [0.25, 0.3) is 0 Å². The van der Waals surface area contributed by atoms with Gasteiger partial charge in [-0.15, -0.1) is 0 Å². The highest BCUT2D eigenvalue weighted by Crippen LogP contribution is 2.23. The number of hydrazine groups is 1. The SMILES string of the molecule is COc1ccc(CCC(CCC(F)(F)F)NN)cc1. The summed E-state index contributed by atoms with van der Waals surface area (Å²) in [6.45, 7) is 0. The van der Waals surface area contributed by atoms with E-state index >= 15 is 0 Å².